The van der Waals surface area contributed by atoms with Crippen LogP contribution in [0.1, 0.15) is 5.56 Å². The second-order valence-electron chi connectivity index (χ2n) is 3.42. The molecule has 0 saturated heterocycles. The van der Waals surface area contributed by atoms with E-state index in [1.807, 2.05) is 19.5 Å². The maximum Gasteiger partial charge on any atom is 0.189 e. The monoisotopic (exact) mass is 251 g/mol. The number of thioether (sulfide) groups is 1. The predicted molar refractivity (Wildman–Crippen MR) is 66.2 cm³/mol. The Labute approximate surface area is 103 Å². The van der Waals surface area contributed by atoms with Crippen molar-refractivity contribution >= 4 is 23.3 Å². The van der Waals surface area contributed by atoms with Crippen LogP contribution in [0.2, 0.25) is 0 Å². The van der Waals surface area contributed by atoms with Gasteiger partial charge in [-0.15, -0.1) is 0 Å². The van der Waals surface area contributed by atoms with E-state index in [1.54, 1.807) is 17.1 Å². The van der Waals surface area contributed by atoms with Crippen LogP contribution in [-0.2, 0) is 13.7 Å². The first-order valence-corrected chi connectivity index (χ1v) is 6.22. The minimum absolute atomic E-state index is 0.0999. The summed E-state index contributed by atoms with van der Waals surface area (Å²) in [6.07, 6.45) is 7.06. The van der Waals surface area contributed by atoms with Crippen molar-refractivity contribution in [1.82, 2.24) is 19.7 Å². The van der Waals surface area contributed by atoms with Crippen LogP contribution >= 0.6 is 11.8 Å². The summed E-state index contributed by atoms with van der Waals surface area (Å²) >= 11 is 1.45. The summed E-state index contributed by atoms with van der Waals surface area (Å²) in [5.74, 6) is 0.611. The van der Waals surface area contributed by atoms with E-state index in [-0.39, 0.29) is 6.61 Å². The number of aryl methyl sites for hydroxylation is 1. The molecule has 2 heterocycles. The lowest BCUT2D eigenvalue weighted by atomic mass is 10.3. The van der Waals surface area contributed by atoms with Gasteiger partial charge in [-0.25, -0.2) is 9.97 Å². The fourth-order valence-electron chi connectivity index (χ4n) is 1.34. The molecule has 0 aromatic carbocycles. The molecule has 0 radical (unpaired) electrons. The van der Waals surface area contributed by atoms with Gasteiger partial charge in [0.1, 0.15) is 5.82 Å². The number of nitrogens with zero attached hydrogens (tertiary/aromatic N) is 4. The third-order valence-electron chi connectivity index (χ3n) is 2.16. The standard InChI is InChI=1S/C10H13N5OS/c1-15-5-8(4-12-15)13-9-7(6-16)3-11-10(14-9)17-2/h3-5,16H,6H2,1-2H3,(H,11,13,14). The smallest absolute Gasteiger partial charge is 0.189 e. The molecular weight excluding hydrogens is 238 g/mol. The van der Waals surface area contributed by atoms with Gasteiger partial charge in [-0.1, -0.05) is 11.8 Å². The second-order valence-corrected chi connectivity index (χ2v) is 4.19. The predicted octanol–water partition coefficient (Wildman–Crippen LogP) is 1.17. The van der Waals surface area contributed by atoms with Crippen molar-refractivity contribution < 1.29 is 5.11 Å². The maximum atomic E-state index is 9.22. The lowest BCUT2D eigenvalue weighted by Crippen LogP contribution is -2.01. The third kappa shape index (κ3) is 2.75. The first-order valence-electron chi connectivity index (χ1n) is 4.99. The highest BCUT2D eigenvalue weighted by atomic mass is 32.2. The van der Waals surface area contributed by atoms with Crippen molar-refractivity contribution in [2.45, 2.75) is 11.8 Å². The zero-order valence-corrected chi connectivity index (χ0v) is 10.4. The van der Waals surface area contributed by atoms with E-state index in [0.29, 0.717) is 16.5 Å². The molecule has 7 heteroatoms. The molecule has 0 aliphatic carbocycles. The van der Waals surface area contributed by atoms with E-state index in [4.69, 9.17) is 0 Å². The van der Waals surface area contributed by atoms with E-state index in [9.17, 15) is 5.11 Å². The van der Waals surface area contributed by atoms with Gasteiger partial charge in [0.15, 0.2) is 5.16 Å². The zero-order valence-electron chi connectivity index (χ0n) is 9.58. The molecule has 0 atom stereocenters. The summed E-state index contributed by atoms with van der Waals surface area (Å²) in [6, 6.07) is 0. The van der Waals surface area contributed by atoms with Gasteiger partial charge in [0.2, 0.25) is 0 Å². The first-order chi connectivity index (χ1) is 8.22. The summed E-state index contributed by atoms with van der Waals surface area (Å²) in [6.45, 7) is -0.0999. The number of rotatable bonds is 4. The first kappa shape index (κ1) is 11.9. The van der Waals surface area contributed by atoms with Gasteiger partial charge in [0.05, 0.1) is 18.5 Å². The molecule has 17 heavy (non-hydrogen) atoms. The SMILES string of the molecule is CSc1ncc(CO)c(Nc2cnn(C)c2)n1. The topological polar surface area (TPSA) is 75.9 Å². The Morgan fingerprint density at radius 1 is 1.47 bits per heavy atom. The van der Waals surface area contributed by atoms with Gasteiger partial charge in [-0.2, -0.15) is 5.10 Å². The van der Waals surface area contributed by atoms with Gasteiger partial charge in [-0.05, 0) is 6.26 Å². The minimum Gasteiger partial charge on any atom is -0.391 e. The lowest BCUT2D eigenvalue weighted by molar-refractivity contribution is 0.281. The van der Waals surface area contributed by atoms with Gasteiger partial charge in [-0.3, -0.25) is 4.68 Å². The number of aliphatic hydroxyl groups is 1. The van der Waals surface area contributed by atoms with Crippen LogP contribution in [0.25, 0.3) is 0 Å². The van der Waals surface area contributed by atoms with Crippen LogP contribution in [0.15, 0.2) is 23.7 Å². The highest BCUT2D eigenvalue weighted by Gasteiger charge is 2.07. The summed E-state index contributed by atoms with van der Waals surface area (Å²) in [4.78, 5) is 8.42. The fourth-order valence-corrected chi connectivity index (χ4v) is 1.68. The summed E-state index contributed by atoms with van der Waals surface area (Å²) in [7, 11) is 1.84. The molecule has 0 aliphatic heterocycles. The van der Waals surface area contributed by atoms with Gasteiger partial charge in [0, 0.05) is 25.0 Å². The maximum absolute atomic E-state index is 9.22. The molecule has 0 fully saturated rings. The molecule has 0 aliphatic rings. The largest absolute Gasteiger partial charge is 0.391 e. The van der Waals surface area contributed by atoms with Gasteiger partial charge < -0.3 is 10.4 Å². The van der Waals surface area contributed by atoms with E-state index < -0.39 is 0 Å². The molecule has 0 amide bonds. The lowest BCUT2D eigenvalue weighted by Gasteiger charge is -2.08. The quantitative estimate of drug-likeness (QED) is 0.627. The van der Waals surface area contributed by atoms with Gasteiger partial charge in [0.25, 0.3) is 0 Å². The van der Waals surface area contributed by atoms with Crippen molar-refractivity contribution in [2.24, 2.45) is 7.05 Å². The number of aromatic nitrogens is 4. The number of hydrogen-bond donors (Lipinski definition) is 2. The molecule has 0 saturated carbocycles. The van der Waals surface area contributed by atoms with E-state index in [0.717, 1.165) is 5.69 Å². The van der Waals surface area contributed by atoms with Crippen LogP contribution in [0.3, 0.4) is 0 Å². The molecule has 2 N–H and O–H groups in total. The molecule has 0 spiro atoms. The average Bonchev–Trinajstić information content (AvgIpc) is 2.74. The van der Waals surface area contributed by atoms with Crippen molar-refractivity contribution in [3.8, 4) is 0 Å². The Kier molecular flexibility index (Phi) is 3.60. The van der Waals surface area contributed by atoms with Crippen LogP contribution in [0.5, 0.6) is 0 Å². The number of aliphatic hydroxyl groups excluding tert-OH is 1. The Balaban J connectivity index is 2.29. The molecule has 6 nitrogen and oxygen atoms in total. The molecule has 90 valence electrons. The van der Waals surface area contributed by atoms with Crippen LogP contribution < -0.4 is 5.32 Å². The molecule has 0 bridgehead atoms. The average molecular weight is 251 g/mol. The zero-order chi connectivity index (χ0) is 12.3. The molecule has 2 aromatic heterocycles. The molecule has 2 aromatic rings. The van der Waals surface area contributed by atoms with Crippen molar-refractivity contribution in [1.29, 1.82) is 0 Å². The van der Waals surface area contributed by atoms with Crippen molar-refractivity contribution in [3.05, 3.63) is 24.2 Å². The number of hydrogen-bond acceptors (Lipinski definition) is 6. The summed E-state index contributed by atoms with van der Waals surface area (Å²) in [5.41, 5.74) is 1.49. The molecular formula is C10H13N5OS. The third-order valence-corrected chi connectivity index (χ3v) is 2.72. The van der Waals surface area contributed by atoms with Crippen molar-refractivity contribution in [3.63, 3.8) is 0 Å². The van der Waals surface area contributed by atoms with E-state index in [2.05, 4.69) is 20.4 Å². The molecule has 0 unspecified atom stereocenters. The van der Waals surface area contributed by atoms with Crippen LogP contribution in [0.4, 0.5) is 11.5 Å². The Hall–Kier alpha value is -1.60. The number of nitrogens with one attached hydrogen (secondary N) is 1. The normalized spacial score (nSPS) is 10.5. The summed E-state index contributed by atoms with van der Waals surface area (Å²) < 4.78 is 1.69. The fraction of sp³-hybridized carbons (Fsp3) is 0.300. The minimum atomic E-state index is -0.0999. The Morgan fingerprint density at radius 3 is 2.88 bits per heavy atom. The van der Waals surface area contributed by atoms with E-state index >= 15 is 0 Å². The highest BCUT2D eigenvalue weighted by molar-refractivity contribution is 7.98. The van der Waals surface area contributed by atoms with Crippen LogP contribution in [0, 0.1) is 0 Å². The van der Waals surface area contributed by atoms with Crippen molar-refractivity contribution in [2.75, 3.05) is 11.6 Å². The second kappa shape index (κ2) is 5.15. The highest BCUT2D eigenvalue weighted by Crippen LogP contribution is 2.20. The molecule has 2 rings (SSSR count). The Bertz CT molecular complexity index is 513. The Morgan fingerprint density at radius 2 is 2.29 bits per heavy atom. The van der Waals surface area contributed by atoms with Crippen LogP contribution in [-0.4, -0.2) is 31.1 Å². The summed E-state index contributed by atoms with van der Waals surface area (Å²) in [5, 5.41) is 17.0. The van der Waals surface area contributed by atoms with E-state index in [1.165, 1.54) is 11.8 Å². The number of anilines is 2. The van der Waals surface area contributed by atoms with Gasteiger partial charge >= 0.3 is 0 Å².